The van der Waals surface area contributed by atoms with Crippen molar-refractivity contribution >= 4 is 8.80 Å². The summed E-state index contributed by atoms with van der Waals surface area (Å²) in [5.74, 6) is 0.952. The molecule has 1 aliphatic rings. The highest BCUT2D eigenvalue weighted by atomic mass is 28.4. The van der Waals surface area contributed by atoms with Crippen molar-refractivity contribution in [1.82, 2.24) is 5.32 Å². The lowest BCUT2D eigenvalue weighted by molar-refractivity contribution is -0.0431. The van der Waals surface area contributed by atoms with E-state index in [9.17, 15) is 5.11 Å². The summed E-state index contributed by atoms with van der Waals surface area (Å²) in [6.07, 6.45) is 1.03. The minimum absolute atomic E-state index is 0.285. The second kappa shape index (κ2) is 11.3. The topological polar surface area (TPSA) is 87.6 Å². The number of benzene rings is 1. The number of nitrogens with one attached hydrogen (secondary N) is 1. The van der Waals surface area contributed by atoms with Crippen LogP contribution >= 0.6 is 0 Å². The largest absolute Gasteiger partial charge is 0.500 e. The standard InChI is InChI=1S/C20H35NO7Si/c1-20(2)27-18-8-7-16(13-19(18)28-20)9-10-21-14-17(22)15-26-11-6-12-29(23-3,24-4)25-5/h7-8,13,17,21-22H,6,9-12,14-15H2,1-5H3. The fourth-order valence-electron chi connectivity index (χ4n) is 3.15. The molecule has 0 radical (unpaired) electrons. The van der Waals surface area contributed by atoms with Gasteiger partial charge in [0, 0.05) is 54.4 Å². The van der Waals surface area contributed by atoms with E-state index in [1.54, 1.807) is 21.3 Å². The number of hydrogen-bond donors (Lipinski definition) is 2. The van der Waals surface area contributed by atoms with Crippen molar-refractivity contribution in [2.75, 3.05) is 47.6 Å². The number of aliphatic hydroxyl groups excluding tert-OH is 1. The molecule has 1 unspecified atom stereocenters. The van der Waals surface area contributed by atoms with Gasteiger partial charge in [-0.2, -0.15) is 0 Å². The summed E-state index contributed by atoms with van der Waals surface area (Å²) in [6, 6.07) is 6.66. The molecule has 1 aromatic carbocycles. The van der Waals surface area contributed by atoms with Gasteiger partial charge in [0.2, 0.25) is 5.79 Å². The van der Waals surface area contributed by atoms with Crippen LogP contribution in [-0.2, 0) is 24.4 Å². The average Bonchev–Trinajstić information content (AvgIpc) is 3.01. The first kappa shape index (κ1) is 24.1. The Morgan fingerprint density at radius 2 is 1.79 bits per heavy atom. The SMILES string of the molecule is CO[Si](CCCOCC(O)CNCCc1ccc2c(c1)OC(C)(C)O2)(OC)OC. The Morgan fingerprint density at radius 1 is 1.10 bits per heavy atom. The van der Waals surface area contributed by atoms with Crippen LogP contribution in [-0.4, -0.2) is 73.4 Å². The molecule has 0 bridgehead atoms. The maximum Gasteiger partial charge on any atom is 0.500 e. The summed E-state index contributed by atoms with van der Waals surface area (Å²) in [7, 11) is 2.25. The van der Waals surface area contributed by atoms with Crippen LogP contribution in [0.15, 0.2) is 18.2 Å². The molecule has 29 heavy (non-hydrogen) atoms. The molecule has 0 fully saturated rings. The Balaban J connectivity index is 1.56. The van der Waals surface area contributed by atoms with E-state index in [-0.39, 0.29) is 6.61 Å². The van der Waals surface area contributed by atoms with Crippen LogP contribution in [0.1, 0.15) is 25.8 Å². The van der Waals surface area contributed by atoms with Crippen LogP contribution in [0.5, 0.6) is 11.5 Å². The molecule has 1 aromatic rings. The minimum Gasteiger partial charge on any atom is -0.449 e. The van der Waals surface area contributed by atoms with E-state index in [4.69, 9.17) is 27.5 Å². The monoisotopic (exact) mass is 429 g/mol. The van der Waals surface area contributed by atoms with Crippen molar-refractivity contribution in [3.05, 3.63) is 23.8 Å². The minimum atomic E-state index is -2.54. The van der Waals surface area contributed by atoms with E-state index < -0.39 is 20.7 Å². The van der Waals surface area contributed by atoms with Gasteiger partial charge < -0.3 is 37.9 Å². The van der Waals surface area contributed by atoms with E-state index in [0.717, 1.165) is 36.4 Å². The highest BCUT2D eigenvalue weighted by molar-refractivity contribution is 6.60. The Bertz CT molecular complexity index is 617. The van der Waals surface area contributed by atoms with Crippen molar-refractivity contribution in [3.8, 4) is 11.5 Å². The third-order valence-electron chi connectivity index (χ3n) is 4.70. The summed E-state index contributed by atoms with van der Waals surface area (Å²) in [5.41, 5.74) is 1.16. The highest BCUT2D eigenvalue weighted by Crippen LogP contribution is 2.39. The maximum absolute atomic E-state index is 10.0. The van der Waals surface area contributed by atoms with Gasteiger partial charge in [-0.1, -0.05) is 6.07 Å². The lowest BCUT2D eigenvalue weighted by atomic mass is 10.1. The van der Waals surface area contributed by atoms with Crippen molar-refractivity contribution in [3.63, 3.8) is 0 Å². The van der Waals surface area contributed by atoms with Gasteiger partial charge in [-0.05, 0) is 37.1 Å². The Kier molecular flexibility index (Phi) is 9.35. The predicted octanol–water partition coefficient (Wildman–Crippen LogP) is 1.97. The lowest BCUT2D eigenvalue weighted by Crippen LogP contribution is -2.42. The fourth-order valence-corrected chi connectivity index (χ4v) is 4.84. The van der Waals surface area contributed by atoms with Gasteiger partial charge in [-0.25, -0.2) is 0 Å². The molecule has 2 N–H and O–H groups in total. The molecule has 8 nitrogen and oxygen atoms in total. The zero-order valence-electron chi connectivity index (χ0n) is 18.2. The Hall–Kier alpha value is -1.20. The fraction of sp³-hybridized carbons (Fsp3) is 0.700. The van der Waals surface area contributed by atoms with Crippen LogP contribution in [0.2, 0.25) is 6.04 Å². The summed E-state index contributed by atoms with van der Waals surface area (Å²) in [4.78, 5) is 0. The molecule has 1 heterocycles. The Morgan fingerprint density at radius 3 is 2.48 bits per heavy atom. The second-order valence-electron chi connectivity index (χ2n) is 7.47. The summed E-state index contributed by atoms with van der Waals surface area (Å²) >= 11 is 0. The van der Waals surface area contributed by atoms with E-state index >= 15 is 0 Å². The van der Waals surface area contributed by atoms with E-state index in [0.29, 0.717) is 19.2 Å². The van der Waals surface area contributed by atoms with Crippen LogP contribution in [0.25, 0.3) is 0 Å². The quantitative estimate of drug-likeness (QED) is 0.343. The van der Waals surface area contributed by atoms with Gasteiger partial charge in [0.15, 0.2) is 11.5 Å². The smallest absolute Gasteiger partial charge is 0.449 e. The van der Waals surface area contributed by atoms with Gasteiger partial charge in [-0.3, -0.25) is 0 Å². The first-order valence-corrected chi connectivity index (χ1v) is 11.9. The van der Waals surface area contributed by atoms with Crippen LogP contribution in [0.3, 0.4) is 0 Å². The number of ether oxygens (including phenoxy) is 3. The van der Waals surface area contributed by atoms with Crippen LogP contribution in [0.4, 0.5) is 0 Å². The number of hydrogen-bond acceptors (Lipinski definition) is 8. The molecule has 0 saturated heterocycles. The number of rotatable bonds is 14. The van der Waals surface area contributed by atoms with Gasteiger partial charge in [-0.15, -0.1) is 0 Å². The predicted molar refractivity (Wildman–Crippen MR) is 111 cm³/mol. The van der Waals surface area contributed by atoms with Gasteiger partial charge in [0.1, 0.15) is 0 Å². The maximum atomic E-state index is 10.0. The molecule has 0 aromatic heterocycles. The molecule has 1 atom stereocenters. The zero-order valence-corrected chi connectivity index (χ0v) is 19.2. The molecular formula is C20H35NO7Si. The molecule has 0 spiro atoms. The Labute approximate surface area is 174 Å². The molecule has 0 amide bonds. The normalized spacial score (nSPS) is 16.2. The van der Waals surface area contributed by atoms with Crippen molar-refractivity contribution in [1.29, 1.82) is 0 Å². The molecule has 0 aliphatic carbocycles. The molecule has 0 saturated carbocycles. The average molecular weight is 430 g/mol. The second-order valence-corrected chi connectivity index (χ2v) is 10.6. The first-order chi connectivity index (χ1) is 13.8. The summed E-state index contributed by atoms with van der Waals surface area (Å²) < 4.78 is 33.1. The van der Waals surface area contributed by atoms with E-state index in [1.165, 1.54) is 0 Å². The van der Waals surface area contributed by atoms with E-state index in [1.807, 2.05) is 32.0 Å². The molecule has 166 valence electrons. The molecule has 9 heteroatoms. The van der Waals surface area contributed by atoms with Gasteiger partial charge >= 0.3 is 8.80 Å². The first-order valence-electron chi connectivity index (χ1n) is 9.96. The third-order valence-corrected chi connectivity index (χ3v) is 7.54. The molecular weight excluding hydrogens is 394 g/mol. The molecule has 2 rings (SSSR count). The lowest BCUT2D eigenvalue weighted by Gasteiger charge is -2.24. The van der Waals surface area contributed by atoms with Crippen molar-refractivity contribution < 1.29 is 32.6 Å². The van der Waals surface area contributed by atoms with Crippen molar-refractivity contribution in [2.45, 2.75) is 44.6 Å². The number of aliphatic hydroxyl groups is 1. The van der Waals surface area contributed by atoms with Crippen LogP contribution < -0.4 is 14.8 Å². The van der Waals surface area contributed by atoms with Crippen LogP contribution in [0, 0.1) is 0 Å². The highest BCUT2D eigenvalue weighted by Gasteiger charge is 2.36. The van der Waals surface area contributed by atoms with Gasteiger partial charge in [0.05, 0.1) is 12.7 Å². The van der Waals surface area contributed by atoms with E-state index in [2.05, 4.69) is 5.32 Å². The van der Waals surface area contributed by atoms with Gasteiger partial charge in [0.25, 0.3) is 0 Å². The summed E-state index contributed by atoms with van der Waals surface area (Å²) in [5, 5.41) is 13.3. The summed E-state index contributed by atoms with van der Waals surface area (Å²) in [6.45, 7) is 5.82. The number of fused-ring (bicyclic) bond motifs is 1. The third kappa shape index (κ3) is 7.52. The zero-order chi connectivity index (χ0) is 21.3. The molecule has 1 aliphatic heterocycles. The van der Waals surface area contributed by atoms with Crippen molar-refractivity contribution in [2.24, 2.45) is 0 Å².